The van der Waals surface area contributed by atoms with Gasteiger partial charge in [0.05, 0.1) is 19.4 Å². The zero-order valence-corrected chi connectivity index (χ0v) is 15.0. The smallest absolute Gasteiger partial charge is 0.307 e. The second-order valence-corrected chi connectivity index (χ2v) is 6.63. The molecule has 2 fully saturated rings. The lowest BCUT2D eigenvalue weighted by molar-refractivity contribution is -0.163. The SMILES string of the molecule is CCOCC(COC(=O)CC(C)N1CC1)OC(=O)CC(C)N1CC1. The summed E-state index contributed by atoms with van der Waals surface area (Å²) in [4.78, 5) is 28.3. The van der Waals surface area contributed by atoms with Gasteiger partial charge in [-0.05, 0) is 20.8 Å². The molecule has 0 radical (unpaired) electrons. The van der Waals surface area contributed by atoms with E-state index in [-0.39, 0.29) is 37.2 Å². The lowest BCUT2D eigenvalue weighted by Gasteiger charge is -2.20. The molecule has 2 aliphatic heterocycles. The number of nitrogens with zero attached hydrogens (tertiary/aromatic N) is 2. The number of hydrogen-bond acceptors (Lipinski definition) is 7. The lowest BCUT2D eigenvalue weighted by Crippen LogP contribution is -2.32. The molecular formula is C17H30N2O5. The molecule has 0 spiro atoms. The van der Waals surface area contributed by atoms with Crippen molar-refractivity contribution in [2.24, 2.45) is 0 Å². The average molecular weight is 342 g/mol. The Morgan fingerprint density at radius 1 is 0.917 bits per heavy atom. The first-order valence-electron chi connectivity index (χ1n) is 8.90. The molecule has 2 saturated heterocycles. The van der Waals surface area contributed by atoms with Gasteiger partial charge in [-0.25, -0.2) is 0 Å². The Bertz CT molecular complexity index is 423. The average Bonchev–Trinajstić information content (AvgIpc) is 3.41. The van der Waals surface area contributed by atoms with E-state index in [0.29, 0.717) is 19.4 Å². The van der Waals surface area contributed by atoms with Crippen molar-refractivity contribution in [1.82, 2.24) is 9.80 Å². The van der Waals surface area contributed by atoms with Gasteiger partial charge >= 0.3 is 11.9 Å². The highest BCUT2D eigenvalue weighted by molar-refractivity contribution is 5.71. The van der Waals surface area contributed by atoms with Crippen molar-refractivity contribution in [1.29, 1.82) is 0 Å². The molecule has 0 aromatic carbocycles. The summed E-state index contributed by atoms with van der Waals surface area (Å²) in [5.74, 6) is -0.531. The van der Waals surface area contributed by atoms with Crippen molar-refractivity contribution in [3.05, 3.63) is 0 Å². The predicted molar refractivity (Wildman–Crippen MR) is 88.6 cm³/mol. The highest BCUT2D eigenvalue weighted by atomic mass is 16.6. The van der Waals surface area contributed by atoms with Crippen molar-refractivity contribution in [3.63, 3.8) is 0 Å². The van der Waals surface area contributed by atoms with Crippen LogP contribution in [0.3, 0.4) is 0 Å². The second-order valence-electron chi connectivity index (χ2n) is 6.63. The molecule has 0 bridgehead atoms. The van der Waals surface area contributed by atoms with Crippen LogP contribution in [0.4, 0.5) is 0 Å². The Labute approximate surface area is 144 Å². The van der Waals surface area contributed by atoms with Crippen LogP contribution in [0, 0.1) is 0 Å². The van der Waals surface area contributed by atoms with Crippen molar-refractivity contribution < 1.29 is 23.8 Å². The van der Waals surface area contributed by atoms with Gasteiger partial charge in [-0.1, -0.05) is 0 Å². The second kappa shape index (κ2) is 9.34. The molecule has 0 N–H and O–H groups in total. The minimum absolute atomic E-state index is 0.0510. The van der Waals surface area contributed by atoms with E-state index < -0.39 is 6.10 Å². The third-order valence-corrected chi connectivity index (χ3v) is 4.37. The number of rotatable bonds is 12. The van der Waals surface area contributed by atoms with E-state index in [1.807, 2.05) is 20.8 Å². The van der Waals surface area contributed by atoms with Crippen molar-refractivity contribution in [2.45, 2.75) is 51.8 Å². The maximum absolute atomic E-state index is 12.0. The Balaban J connectivity index is 1.69. The highest BCUT2D eigenvalue weighted by Gasteiger charge is 2.28. The van der Waals surface area contributed by atoms with Gasteiger partial charge in [0.25, 0.3) is 0 Å². The van der Waals surface area contributed by atoms with Gasteiger partial charge in [0.1, 0.15) is 6.61 Å². The molecule has 2 rings (SSSR count). The maximum atomic E-state index is 12.0. The number of carbonyl (C=O) groups excluding carboxylic acids is 2. The van der Waals surface area contributed by atoms with E-state index in [2.05, 4.69) is 9.80 Å². The molecule has 24 heavy (non-hydrogen) atoms. The van der Waals surface area contributed by atoms with E-state index in [9.17, 15) is 9.59 Å². The third kappa shape index (κ3) is 7.15. The summed E-state index contributed by atoms with van der Waals surface area (Å²) in [5, 5.41) is 0. The molecule has 3 atom stereocenters. The molecule has 2 heterocycles. The predicted octanol–water partition coefficient (Wildman–Crippen LogP) is 0.666. The number of hydrogen-bond donors (Lipinski definition) is 0. The Hall–Kier alpha value is -1.18. The minimum atomic E-state index is -0.542. The topological polar surface area (TPSA) is 67.9 Å². The first-order chi connectivity index (χ1) is 11.5. The fraction of sp³-hybridized carbons (Fsp3) is 0.882. The minimum Gasteiger partial charge on any atom is -0.462 e. The monoisotopic (exact) mass is 342 g/mol. The van der Waals surface area contributed by atoms with Crippen LogP contribution in [0.25, 0.3) is 0 Å². The summed E-state index contributed by atoms with van der Waals surface area (Å²) in [5.41, 5.74) is 0. The molecule has 0 amide bonds. The summed E-state index contributed by atoms with van der Waals surface area (Å²) in [6, 6.07) is 0.403. The van der Waals surface area contributed by atoms with Gasteiger partial charge in [0.15, 0.2) is 6.10 Å². The number of ether oxygens (including phenoxy) is 3. The number of carbonyl (C=O) groups is 2. The van der Waals surface area contributed by atoms with Gasteiger partial charge in [0.2, 0.25) is 0 Å². The fourth-order valence-corrected chi connectivity index (χ4v) is 2.58. The Kier molecular flexibility index (Phi) is 7.45. The van der Waals surface area contributed by atoms with Crippen molar-refractivity contribution >= 4 is 11.9 Å². The molecular weight excluding hydrogens is 312 g/mol. The standard InChI is InChI=1S/C17H30N2O5/c1-4-22-11-15(24-17(21)10-14(3)19-7-8-19)12-23-16(20)9-13(2)18-5-6-18/h13-15H,4-12H2,1-3H3. The van der Waals surface area contributed by atoms with E-state index in [1.165, 1.54) is 0 Å². The molecule has 7 heteroatoms. The van der Waals surface area contributed by atoms with Crippen LogP contribution in [0.15, 0.2) is 0 Å². The first kappa shape index (κ1) is 19.1. The molecule has 138 valence electrons. The van der Waals surface area contributed by atoms with Crippen molar-refractivity contribution in [3.8, 4) is 0 Å². The van der Waals surface area contributed by atoms with E-state index in [4.69, 9.17) is 14.2 Å². The van der Waals surface area contributed by atoms with Crippen molar-refractivity contribution in [2.75, 3.05) is 46.0 Å². The molecule has 0 saturated carbocycles. The van der Waals surface area contributed by atoms with Gasteiger partial charge in [-0.3, -0.25) is 19.4 Å². The molecule has 0 aromatic rings. The lowest BCUT2D eigenvalue weighted by atomic mass is 10.2. The van der Waals surface area contributed by atoms with Crippen LogP contribution in [0.5, 0.6) is 0 Å². The summed E-state index contributed by atoms with van der Waals surface area (Å²) >= 11 is 0. The van der Waals surface area contributed by atoms with E-state index in [1.54, 1.807) is 0 Å². The van der Waals surface area contributed by atoms with Gasteiger partial charge < -0.3 is 14.2 Å². The third-order valence-electron chi connectivity index (χ3n) is 4.37. The fourth-order valence-electron chi connectivity index (χ4n) is 2.58. The van der Waals surface area contributed by atoms with Gasteiger partial charge in [-0.2, -0.15) is 0 Å². The first-order valence-corrected chi connectivity index (χ1v) is 8.90. The summed E-state index contributed by atoms with van der Waals surface area (Å²) in [7, 11) is 0. The van der Waals surface area contributed by atoms with Gasteiger partial charge in [-0.15, -0.1) is 0 Å². The van der Waals surface area contributed by atoms with Crippen LogP contribution in [0.1, 0.15) is 33.6 Å². The maximum Gasteiger partial charge on any atom is 0.307 e. The zero-order valence-electron chi connectivity index (χ0n) is 15.0. The van der Waals surface area contributed by atoms with Crippen LogP contribution >= 0.6 is 0 Å². The van der Waals surface area contributed by atoms with Crippen LogP contribution in [0.2, 0.25) is 0 Å². The quantitative estimate of drug-likeness (QED) is 0.381. The zero-order chi connectivity index (χ0) is 17.5. The van der Waals surface area contributed by atoms with E-state index in [0.717, 1.165) is 26.2 Å². The van der Waals surface area contributed by atoms with E-state index >= 15 is 0 Å². The molecule has 3 unspecified atom stereocenters. The van der Waals surface area contributed by atoms with Gasteiger partial charge in [0, 0.05) is 44.9 Å². The molecule has 2 aliphatic rings. The summed E-state index contributed by atoms with van der Waals surface area (Å²) in [6.45, 7) is 10.9. The van der Waals surface area contributed by atoms with Crippen LogP contribution in [-0.4, -0.2) is 85.9 Å². The molecule has 7 nitrogen and oxygen atoms in total. The van der Waals surface area contributed by atoms with Crippen LogP contribution < -0.4 is 0 Å². The van der Waals surface area contributed by atoms with Crippen LogP contribution in [-0.2, 0) is 23.8 Å². The summed E-state index contributed by atoms with van der Waals surface area (Å²) < 4.78 is 16.1. The summed E-state index contributed by atoms with van der Waals surface area (Å²) in [6.07, 6.45) is 0.170. The Morgan fingerprint density at radius 3 is 1.96 bits per heavy atom. The highest BCUT2D eigenvalue weighted by Crippen LogP contribution is 2.15. The largest absolute Gasteiger partial charge is 0.462 e. The number of esters is 2. The Morgan fingerprint density at radius 2 is 1.46 bits per heavy atom. The molecule has 0 aromatic heterocycles. The normalized spacial score (nSPS) is 21.0. The molecule has 0 aliphatic carbocycles.